The minimum atomic E-state index is -0.206. The van der Waals surface area contributed by atoms with Gasteiger partial charge in [0.2, 0.25) is 0 Å². The quantitative estimate of drug-likeness (QED) is 0.788. The molecule has 0 atom stereocenters. The van der Waals surface area contributed by atoms with Gasteiger partial charge in [0.25, 0.3) is 5.91 Å². The number of benzene rings is 2. The van der Waals surface area contributed by atoms with Gasteiger partial charge in [-0.15, -0.1) is 0 Å². The molecule has 1 N–H and O–H groups in total. The number of hydrogen-bond donors (Lipinski definition) is 1. The molecule has 3 nitrogen and oxygen atoms in total. The van der Waals surface area contributed by atoms with Crippen LogP contribution in [0.25, 0.3) is 11.1 Å². The van der Waals surface area contributed by atoms with Crippen molar-refractivity contribution in [3.8, 4) is 16.9 Å². The van der Waals surface area contributed by atoms with Gasteiger partial charge in [-0.3, -0.25) is 4.79 Å². The number of amides is 1. The molecule has 0 aromatic heterocycles. The minimum Gasteiger partial charge on any atom is -0.378 e. The van der Waals surface area contributed by atoms with Crippen LogP contribution in [0.1, 0.15) is 24.5 Å². The highest BCUT2D eigenvalue weighted by Crippen LogP contribution is 2.39. The fourth-order valence-electron chi connectivity index (χ4n) is 2.07. The molecule has 0 aliphatic heterocycles. The molecule has 2 aromatic carbocycles. The lowest BCUT2D eigenvalue weighted by atomic mass is 9.96. The molecule has 0 aliphatic carbocycles. The van der Waals surface area contributed by atoms with Gasteiger partial charge >= 0.3 is 0 Å². The Bertz CT molecular complexity index is 697. The van der Waals surface area contributed by atoms with Crippen molar-refractivity contribution in [3.05, 3.63) is 51.5 Å². The van der Waals surface area contributed by atoms with E-state index in [0.29, 0.717) is 22.2 Å². The number of carbonyl (C=O) groups is 1. The molecule has 0 radical (unpaired) electrons. The Morgan fingerprint density at radius 1 is 1.18 bits per heavy atom. The largest absolute Gasteiger partial charge is 0.378 e. The maximum absolute atomic E-state index is 11.3. The molecule has 2 rings (SSSR count). The Labute approximate surface area is 140 Å². The first-order valence-corrected chi connectivity index (χ1v) is 7.71. The highest BCUT2D eigenvalue weighted by Gasteiger charge is 2.16. The molecule has 0 heterocycles. The van der Waals surface area contributed by atoms with E-state index >= 15 is 0 Å². The van der Waals surface area contributed by atoms with Gasteiger partial charge < -0.3 is 4.84 Å². The molecule has 5 heteroatoms. The van der Waals surface area contributed by atoms with Crippen LogP contribution in [0.2, 0.25) is 10.0 Å². The third-order valence-electron chi connectivity index (χ3n) is 3.48. The van der Waals surface area contributed by atoms with E-state index < -0.39 is 0 Å². The summed E-state index contributed by atoms with van der Waals surface area (Å²) in [5, 5.41) is 1.12. The van der Waals surface area contributed by atoms with Gasteiger partial charge in [0.05, 0.1) is 5.02 Å². The lowest BCUT2D eigenvalue weighted by molar-refractivity contribution is -0.127. The predicted octanol–water partition coefficient (Wildman–Crippen LogP) is 5.10. The standard InChI is InChI=1S/C17H17Cl2NO2/c1-4-15(21)20-22-14-9-10(2)11(3)16(17(14)19)12-5-7-13(18)8-6-12/h5-9H,4H2,1-3H3,(H,20,21). The van der Waals surface area contributed by atoms with Gasteiger partial charge in [-0.25, -0.2) is 0 Å². The summed E-state index contributed by atoms with van der Waals surface area (Å²) in [4.78, 5) is 16.7. The first kappa shape index (κ1) is 16.7. The van der Waals surface area contributed by atoms with Gasteiger partial charge in [0.15, 0.2) is 5.75 Å². The molecule has 116 valence electrons. The molecule has 0 spiro atoms. The average molecular weight is 338 g/mol. The van der Waals surface area contributed by atoms with Crippen molar-refractivity contribution in [3.63, 3.8) is 0 Å². The third kappa shape index (κ3) is 3.54. The van der Waals surface area contributed by atoms with Gasteiger partial charge in [-0.2, -0.15) is 5.48 Å². The van der Waals surface area contributed by atoms with Gasteiger partial charge in [0, 0.05) is 17.0 Å². The number of hydrogen-bond acceptors (Lipinski definition) is 2. The van der Waals surface area contributed by atoms with Gasteiger partial charge in [0.1, 0.15) is 0 Å². The van der Waals surface area contributed by atoms with Crippen LogP contribution in [0, 0.1) is 13.8 Å². The number of rotatable bonds is 4. The highest BCUT2D eigenvalue weighted by molar-refractivity contribution is 6.35. The van der Waals surface area contributed by atoms with E-state index in [0.717, 1.165) is 22.3 Å². The molecule has 2 aromatic rings. The Balaban J connectivity index is 2.46. The van der Waals surface area contributed by atoms with E-state index in [4.69, 9.17) is 28.0 Å². The van der Waals surface area contributed by atoms with Gasteiger partial charge in [-0.05, 0) is 48.7 Å². The average Bonchev–Trinajstić information content (AvgIpc) is 2.51. The maximum Gasteiger partial charge on any atom is 0.252 e. The summed E-state index contributed by atoms with van der Waals surface area (Å²) >= 11 is 12.4. The smallest absolute Gasteiger partial charge is 0.252 e. The van der Waals surface area contributed by atoms with Crippen molar-refractivity contribution < 1.29 is 9.63 Å². The maximum atomic E-state index is 11.3. The highest BCUT2D eigenvalue weighted by atomic mass is 35.5. The first-order valence-electron chi connectivity index (χ1n) is 6.95. The molecule has 0 saturated carbocycles. The number of hydroxylamine groups is 1. The van der Waals surface area contributed by atoms with Crippen molar-refractivity contribution >= 4 is 29.1 Å². The van der Waals surface area contributed by atoms with E-state index in [2.05, 4.69) is 5.48 Å². The molecule has 22 heavy (non-hydrogen) atoms. The zero-order valence-electron chi connectivity index (χ0n) is 12.7. The summed E-state index contributed by atoms with van der Waals surface area (Å²) in [5.74, 6) is 0.221. The van der Waals surface area contributed by atoms with E-state index in [-0.39, 0.29) is 5.91 Å². The summed E-state index contributed by atoms with van der Waals surface area (Å²) in [7, 11) is 0. The summed E-state index contributed by atoms with van der Waals surface area (Å²) in [6.07, 6.45) is 0.340. The van der Waals surface area contributed by atoms with Crippen LogP contribution in [0.15, 0.2) is 30.3 Å². The molecular weight excluding hydrogens is 321 g/mol. The lowest BCUT2D eigenvalue weighted by Crippen LogP contribution is -2.26. The van der Waals surface area contributed by atoms with E-state index in [9.17, 15) is 4.79 Å². The van der Waals surface area contributed by atoms with E-state index in [1.54, 1.807) is 6.92 Å². The molecule has 0 saturated heterocycles. The Hall–Kier alpha value is -1.71. The van der Waals surface area contributed by atoms with Gasteiger partial charge in [-0.1, -0.05) is 42.3 Å². The fourth-order valence-corrected chi connectivity index (χ4v) is 2.54. The minimum absolute atomic E-state index is 0.206. The normalized spacial score (nSPS) is 10.4. The second kappa shape index (κ2) is 7.03. The molecule has 0 aliphatic rings. The van der Waals surface area contributed by atoms with Crippen molar-refractivity contribution in [2.45, 2.75) is 27.2 Å². The van der Waals surface area contributed by atoms with Crippen molar-refractivity contribution in [2.24, 2.45) is 0 Å². The molecular formula is C17H17Cl2NO2. The summed E-state index contributed by atoms with van der Waals surface area (Å²) < 4.78 is 0. The molecule has 1 amide bonds. The van der Waals surface area contributed by atoms with Crippen LogP contribution in [0.4, 0.5) is 0 Å². The summed E-state index contributed by atoms with van der Waals surface area (Å²) in [6, 6.07) is 9.25. The van der Waals surface area contributed by atoms with Crippen LogP contribution < -0.4 is 10.3 Å². The van der Waals surface area contributed by atoms with Crippen LogP contribution in [0.3, 0.4) is 0 Å². The predicted molar refractivity (Wildman–Crippen MR) is 90.4 cm³/mol. The van der Waals surface area contributed by atoms with Crippen LogP contribution in [0.5, 0.6) is 5.75 Å². The first-order chi connectivity index (χ1) is 10.4. The summed E-state index contributed by atoms with van der Waals surface area (Å²) in [6.45, 7) is 5.72. The van der Waals surface area contributed by atoms with Crippen molar-refractivity contribution in [1.82, 2.24) is 5.48 Å². The number of carbonyl (C=O) groups excluding carboxylic acids is 1. The van der Waals surface area contributed by atoms with Crippen molar-refractivity contribution in [1.29, 1.82) is 0 Å². The summed E-state index contributed by atoms with van der Waals surface area (Å²) in [5.41, 5.74) is 6.28. The van der Waals surface area contributed by atoms with E-state index in [1.165, 1.54) is 0 Å². The molecule has 0 bridgehead atoms. The zero-order chi connectivity index (χ0) is 16.3. The SMILES string of the molecule is CCC(=O)NOc1cc(C)c(C)c(-c2ccc(Cl)cc2)c1Cl. The Morgan fingerprint density at radius 3 is 2.41 bits per heavy atom. The monoisotopic (exact) mass is 337 g/mol. The zero-order valence-corrected chi connectivity index (χ0v) is 14.2. The number of halogens is 2. The number of nitrogens with one attached hydrogen (secondary N) is 1. The molecule has 0 fully saturated rings. The fraction of sp³-hybridized carbons (Fsp3) is 0.235. The Kier molecular flexibility index (Phi) is 5.33. The molecule has 0 unspecified atom stereocenters. The Morgan fingerprint density at radius 2 is 1.82 bits per heavy atom. The van der Waals surface area contributed by atoms with Crippen molar-refractivity contribution in [2.75, 3.05) is 0 Å². The second-order valence-corrected chi connectivity index (χ2v) is 5.81. The van der Waals surface area contributed by atoms with E-state index in [1.807, 2.05) is 44.2 Å². The van der Waals surface area contributed by atoms with Crippen LogP contribution in [-0.2, 0) is 4.79 Å². The third-order valence-corrected chi connectivity index (χ3v) is 4.11. The van der Waals surface area contributed by atoms with Crippen LogP contribution in [-0.4, -0.2) is 5.91 Å². The topological polar surface area (TPSA) is 38.3 Å². The lowest BCUT2D eigenvalue weighted by Gasteiger charge is -2.16. The second-order valence-electron chi connectivity index (χ2n) is 4.99. The van der Waals surface area contributed by atoms with Crippen LogP contribution >= 0.6 is 23.2 Å². The number of aryl methyl sites for hydroxylation is 1.